The first kappa shape index (κ1) is 12.4. The fraction of sp³-hybridized carbons (Fsp3) is 0.600. The molecule has 7 heteroatoms. The van der Waals surface area contributed by atoms with Crippen molar-refractivity contribution >= 4 is 17.4 Å². The van der Waals surface area contributed by atoms with Gasteiger partial charge in [0.1, 0.15) is 5.82 Å². The summed E-state index contributed by atoms with van der Waals surface area (Å²) >= 11 is 5.62. The Balaban J connectivity index is 2.12. The van der Waals surface area contributed by atoms with E-state index in [0.29, 0.717) is 18.8 Å². The van der Waals surface area contributed by atoms with Gasteiger partial charge in [0.2, 0.25) is 5.28 Å². The Morgan fingerprint density at radius 2 is 2.18 bits per heavy atom. The second kappa shape index (κ2) is 4.68. The van der Waals surface area contributed by atoms with Crippen LogP contribution in [0.4, 0.5) is 19.0 Å². The summed E-state index contributed by atoms with van der Waals surface area (Å²) in [7, 11) is 0. The van der Waals surface area contributed by atoms with Crippen molar-refractivity contribution in [3.8, 4) is 0 Å². The molecule has 1 aliphatic heterocycles. The molecule has 1 aromatic heterocycles. The van der Waals surface area contributed by atoms with Crippen LogP contribution in [0.15, 0.2) is 12.3 Å². The van der Waals surface area contributed by atoms with Crippen LogP contribution in [-0.4, -0.2) is 29.2 Å². The minimum absolute atomic E-state index is 0.0524. The Hall–Kier alpha value is -1.04. The molecule has 2 rings (SSSR count). The Bertz CT molecular complexity index is 397. The monoisotopic (exact) mass is 265 g/mol. The molecule has 1 atom stereocenters. The lowest BCUT2D eigenvalue weighted by Gasteiger charge is -2.34. The standard InChI is InChI=1S/C10H11ClF3N3/c11-9-15-4-3-8(16-9)17-5-1-2-7(6-17)10(12,13)14/h3-4,7H,1-2,5-6H2. The summed E-state index contributed by atoms with van der Waals surface area (Å²) in [5, 5.41) is 0.0524. The van der Waals surface area contributed by atoms with E-state index in [2.05, 4.69) is 9.97 Å². The molecule has 1 aliphatic rings. The zero-order valence-electron chi connectivity index (χ0n) is 8.91. The van der Waals surface area contributed by atoms with Crippen molar-refractivity contribution in [3.63, 3.8) is 0 Å². The number of aromatic nitrogens is 2. The van der Waals surface area contributed by atoms with Crippen LogP contribution in [-0.2, 0) is 0 Å². The van der Waals surface area contributed by atoms with Gasteiger partial charge in [-0.15, -0.1) is 0 Å². The van der Waals surface area contributed by atoms with E-state index < -0.39 is 12.1 Å². The molecular formula is C10H11ClF3N3. The van der Waals surface area contributed by atoms with Crippen molar-refractivity contribution in [1.29, 1.82) is 0 Å². The van der Waals surface area contributed by atoms with Crippen LogP contribution >= 0.6 is 11.6 Å². The third kappa shape index (κ3) is 3.00. The molecular weight excluding hydrogens is 255 g/mol. The van der Waals surface area contributed by atoms with E-state index in [9.17, 15) is 13.2 Å². The van der Waals surface area contributed by atoms with Crippen molar-refractivity contribution in [2.75, 3.05) is 18.0 Å². The van der Waals surface area contributed by atoms with Crippen molar-refractivity contribution in [2.24, 2.45) is 5.92 Å². The molecule has 0 saturated carbocycles. The molecule has 94 valence electrons. The Morgan fingerprint density at radius 1 is 1.41 bits per heavy atom. The summed E-state index contributed by atoms with van der Waals surface area (Å²) in [5.41, 5.74) is 0. The second-order valence-corrected chi connectivity index (χ2v) is 4.35. The van der Waals surface area contributed by atoms with Gasteiger partial charge in [0.05, 0.1) is 5.92 Å². The maximum absolute atomic E-state index is 12.6. The number of hydrogen-bond donors (Lipinski definition) is 0. The number of halogens is 4. The van der Waals surface area contributed by atoms with Gasteiger partial charge in [-0.05, 0) is 30.5 Å². The molecule has 0 radical (unpaired) electrons. The number of rotatable bonds is 1. The highest BCUT2D eigenvalue weighted by Gasteiger charge is 2.42. The number of alkyl halides is 3. The average Bonchev–Trinajstić information content (AvgIpc) is 2.28. The topological polar surface area (TPSA) is 29.0 Å². The summed E-state index contributed by atoms with van der Waals surface area (Å²) in [6.45, 7) is 0.511. The van der Waals surface area contributed by atoms with Gasteiger partial charge in [-0.1, -0.05) is 0 Å². The largest absolute Gasteiger partial charge is 0.393 e. The number of hydrogen-bond acceptors (Lipinski definition) is 3. The van der Waals surface area contributed by atoms with Gasteiger partial charge in [-0.3, -0.25) is 0 Å². The molecule has 0 aliphatic carbocycles. The molecule has 2 heterocycles. The first-order valence-electron chi connectivity index (χ1n) is 5.27. The van der Waals surface area contributed by atoms with Crippen molar-refractivity contribution in [3.05, 3.63) is 17.5 Å². The SMILES string of the molecule is FC(F)(F)C1CCCN(c2ccnc(Cl)n2)C1. The van der Waals surface area contributed by atoms with Crippen molar-refractivity contribution in [1.82, 2.24) is 9.97 Å². The van der Waals surface area contributed by atoms with Gasteiger partial charge in [-0.2, -0.15) is 13.2 Å². The lowest BCUT2D eigenvalue weighted by atomic mass is 9.97. The zero-order chi connectivity index (χ0) is 12.5. The lowest BCUT2D eigenvalue weighted by Crippen LogP contribution is -2.42. The summed E-state index contributed by atoms with van der Waals surface area (Å²) in [6, 6.07) is 1.57. The Kier molecular flexibility index (Phi) is 3.42. The maximum Gasteiger partial charge on any atom is 0.393 e. The fourth-order valence-electron chi connectivity index (χ4n) is 1.95. The van der Waals surface area contributed by atoms with Crippen molar-refractivity contribution < 1.29 is 13.2 Å². The highest BCUT2D eigenvalue weighted by atomic mass is 35.5. The van der Waals surface area contributed by atoms with Crippen LogP contribution in [0.25, 0.3) is 0 Å². The van der Waals surface area contributed by atoms with Crippen molar-refractivity contribution in [2.45, 2.75) is 19.0 Å². The molecule has 0 bridgehead atoms. The van der Waals surface area contributed by atoms with Crippen LogP contribution in [0.1, 0.15) is 12.8 Å². The van der Waals surface area contributed by atoms with Crippen LogP contribution < -0.4 is 4.90 Å². The maximum atomic E-state index is 12.6. The Morgan fingerprint density at radius 3 is 2.82 bits per heavy atom. The first-order chi connectivity index (χ1) is 7.97. The molecule has 1 fully saturated rings. The van der Waals surface area contributed by atoms with Crippen LogP contribution in [0.3, 0.4) is 0 Å². The fourth-order valence-corrected chi connectivity index (χ4v) is 2.10. The molecule has 17 heavy (non-hydrogen) atoms. The molecule has 0 spiro atoms. The first-order valence-corrected chi connectivity index (χ1v) is 5.65. The van der Waals surface area contributed by atoms with E-state index in [4.69, 9.17) is 11.6 Å². The number of anilines is 1. The molecule has 3 nitrogen and oxygen atoms in total. The Labute approximate surface area is 102 Å². The average molecular weight is 266 g/mol. The second-order valence-electron chi connectivity index (χ2n) is 4.01. The third-order valence-corrected chi connectivity index (χ3v) is 3.00. The van der Waals surface area contributed by atoms with E-state index in [-0.39, 0.29) is 18.2 Å². The lowest BCUT2D eigenvalue weighted by molar-refractivity contribution is -0.176. The molecule has 0 aromatic carbocycles. The van der Waals surface area contributed by atoms with Crippen LogP contribution in [0.5, 0.6) is 0 Å². The number of nitrogens with zero attached hydrogens (tertiary/aromatic N) is 3. The quantitative estimate of drug-likeness (QED) is 0.731. The van der Waals surface area contributed by atoms with Crippen LogP contribution in [0, 0.1) is 5.92 Å². The van der Waals surface area contributed by atoms with Gasteiger partial charge >= 0.3 is 6.18 Å². The van der Waals surface area contributed by atoms with E-state index in [1.165, 1.54) is 6.20 Å². The van der Waals surface area contributed by atoms with E-state index in [1.807, 2.05) is 0 Å². The van der Waals surface area contributed by atoms with E-state index >= 15 is 0 Å². The highest BCUT2D eigenvalue weighted by molar-refractivity contribution is 6.28. The number of piperidine rings is 1. The summed E-state index contributed by atoms with van der Waals surface area (Å²) in [6.07, 6.45) is -2.01. The van der Waals surface area contributed by atoms with E-state index in [1.54, 1.807) is 11.0 Å². The molecule has 1 saturated heterocycles. The summed E-state index contributed by atoms with van der Waals surface area (Å²) in [4.78, 5) is 9.24. The normalized spacial score (nSPS) is 21.6. The predicted octanol–water partition coefficient (Wildman–Crippen LogP) is 2.91. The highest BCUT2D eigenvalue weighted by Crippen LogP contribution is 2.34. The molecule has 0 N–H and O–H groups in total. The molecule has 1 aromatic rings. The van der Waals surface area contributed by atoms with E-state index in [0.717, 1.165) is 0 Å². The van der Waals surface area contributed by atoms with Gasteiger partial charge in [0.25, 0.3) is 0 Å². The minimum atomic E-state index is -4.14. The summed E-state index contributed by atoms with van der Waals surface area (Å²) < 4.78 is 37.9. The van der Waals surface area contributed by atoms with Crippen LogP contribution in [0.2, 0.25) is 5.28 Å². The smallest absolute Gasteiger partial charge is 0.356 e. The molecule has 1 unspecified atom stereocenters. The van der Waals surface area contributed by atoms with Gasteiger partial charge in [0, 0.05) is 19.3 Å². The minimum Gasteiger partial charge on any atom is -0.356 e. The van der Waals surface area contributed by atoms with Gasteiger partial charge < -0.3 is 4.90 Å². The van der Waals surface area contributed by atoms with Gasteiger partial charge in [-0.25, -0.2) is 9.97 Å². The van der Waals surface area contributed by atoms with Gasteiger partial charge in [0.15, 0.2) is 0 Å². The third-order valence-electron chi connectivity index (χ3n) is 2.82. The summed E-state index contributed by atoms with van der Waals surface area (Å²) in [5.74, 6) is -0.830. The molecule has 0 amide bonds. The zero-order valence-corrected chi connectivity index (χ0v) is 9.67. The predicted molar refractivity (Wildman–Crippen MR) is 58.0 cm³/mol.